The predicted molar refractivity (Wildman–Crippen MR) is 130 cm³/mol. The average molecular weight is 465 g/mol. The van der Waals surface area contributed by atoms with Gasteiger partial charge in [0.2, 0.25) is 0 Å². The molecule has 3 aromatic carbocycles. The number of para-hydroxylation sites is 1. The van der Waals surface area contributed by atoms with Gasteiger partial charge in [-0.2, -0.15) is 0 Å². The lowest BCUT2D eigenvalue weighted by Crippen LogP contribution is -2.47. The first-order valence-corrected chi connectivity index (χ1v) is 11.3. The second-order valence-electron chi connectivity index (χ2n) is 8.27. The number of fused-ring (bicyclic) bond motifs is 1. The van der Waals surface area contributed by atoms with E-state index in [2.05, 4.69) is 10.6 Å². The number of hydrogen-bond donors (Lipinski definition) is 3. The van der Waals surface area contributed by atoms with Crippen molar-refractivity contribution in [2.75, 3.05) is 31.5 Å². The Kier molecular flexibility index (Phi) is 6.75. The van der Waals surface area contributed by atoms with Crippen molar-refractivity contribution in [2.45, 2.75) is 31.3 Å². The number of hydrogen-bond acceptors (Lipinski definition) is 6. The number of nitrogens with one attached hydrogen (secondary N) is 2. The van der Waals surface area contributed by atoms with Crippen LogP contribution in [-0.4, -0.2) is 31.7 Å². The average Bonchev–Trinajstić information content (AvgIpc) is 3.19. The molecule has 0 spiro atoms. The van der Waals surface area contributed by atoms with Crippen LogP contribution in [0.5, 0.6) is 11.5 Å². The maximum Gasteiger partial charge on any atom is 0.149 e. The topological polar surface area (TPSA) is 79.8 Å². The van der Waals surface area contributed by atoms with E-state index in [0.29, 0.717) is 35.6 Å². The molecule has 0 aromatic heterocycles. The second-order valence-corrected chi connectivity index (χ2v) is 8.27. The zero-order chi connectivity index (χ0) is 24.3. The predicted octanol–water partition coefficient (Wildman–Crippen LogP) is 4.83. The van der Waals surface area contributed by atoms with E-state index < -0.39 is 11.6 Å². The van der Waals surface area contributed by atoms with Gasteiger partial charge in [0.15, 0.2) is 0 Å². The third-order valence-corrected chi connectivity index (χ3v) is 6.29. The number of carbonyl (C=O) groups is 1. The molecule has 0 saturated heterocycles. The largest absolute Gasteiger partial charge is 0.497 e. The number of Topliss-reactive ketones (excluding diaryl/α,β-unsaturated/α-hetero) is 1. The van der Waals surface area contributed by atoms with Crippen molar-refractivity contribution in [3.8, 4) is 11.5 Å². The summed E-state index contributed by atoms with van der Waals surface area (Å²) >= 11 is 0. The molecule has 2 atom stereocenters. The number of rotatable bonds is 9. The molecule has 2 unspecified atom stereocenters. The molecule has 0 aliphatic carbocycles. The fourth-order valence-corrected chi connectivity index (χ4v) is 4.70. The van der Waals surface area contributed by atoms with Gasteiger partial charge < -0.3 is 25.2 Å². The number of ketones is 1. The van der Waals surface area contributed by atoms with Gasteiger partial charge in [-0.1, -0.05) is 37.3 Å². The van der Waals surface area contributed by atoms with Gasteiger partial charge in [0.05, 0.1) is 20.1 Å². The number of aliphatic hydroxyl groups excluding tert-OH is 1. The number of anilines is 2. The van der Waals surface area contributed by atoms with Gasteiger partial charge in [-0.15, -0.1) is 0 Å². The van der Waals surface area contributed by atoms with Crippen molar-refractivity contribution in [1.82, 2.24) is 0 Å². The molecule has 34 heavy (non-hydrogen) atoms. The van der Waals surface area contributed by atoms with Gasteiger partial charge in [-0.3, -0.25) is 4.79 Å². The molecular formula is C27H29FN2O4. The molecule has 7 heteroatoms. The van der Waals surface area contributed by atoms with E-state index in [9.17, 15) is 14.3 Å². The first-order valence-electron chi connectivity index (χ1n) is 11.3. The van der Waals surface area contributed by atoms with Gasteiger partial charge in [0.25, 0.3) is 0 Å². The van der Waals surface area contributed by atoms with Crippen LogP contribution < -0.4 is 20.1 Å². The Morgan fingerprint density at radius 1 is 1.09 bits per heavy atom. The highest BCUT2D eigenvalue weighted by Crippen LogP contribution is 2.51. The van der Waals surface area contributed by atoms with Crippen LogP contribution in [0.4, 0.5) is 15.8 Å². The summed E-state index contributed by atoms with van der Waals surface area (Å²) in [7, 11) is 3.14. The number of carbonyl (C=O) groups excluding carboxylic acids is 1. The van der Waals surface area contributed by atoms with Gasteiger partial charge in [0, 0.05) is 42.6 Å². The Morgan fingerprint density at radius 2 is 1.76 bits per heavy atom. The molecule has 0 fully saturated rings. The fourth-order valence-electron chi connectivity index (χ4n) is 4.70. The van der Waals surface area contributed by atoms with Crippen LogP contribution >= 0.6 is 0 Å². The number of ether oxygens (including phenoxy) is 2. The van der Waals surface area contributed by atoms with E-state index in [1.807, 2.05) is 37.3 Å². The zero-order valence-electron chi connectivity index (χ0n) is 19.5. The summed E-state index contributed by atoms with van der Waals surface area (Å²) in [6, 6.07) is 17.3. The number of benzene rings is 3. The molecule has 3 N–H and O–H groups in total. The minimum absolute atomic E-state index is 0.0193. The molecule has 6 nitrogen and oxygen atoms in total. The van der Waals surface area contributed by atoms with Crippen molar-refractivity contribution in [1.29, 1.82) is 0 Å². The van der Waals surface area contributed by atoms with E-state index in [4.69, 9.17) is 9.47 Å². The first kappa shape index (κ1) is 23.6. The Morgan fingerprint density at radius 3 is 2.35 bits per heavy atom. The summed E-state index contributed by atoms with van der Waals surface area (Å²) in [6.07, 6.45) is 0.762. The lowest BCUT2D eigenvalue weighted by Gasteiger charge is -2.38. The summed E-state index contributed by atoms with van der Waals surface area (Å²) in [5.41, 5.74) is 2.81. The molecule has 0 radical (unpaired) electrons. The number of aliphatic hydroxyl groups is 1. The molecule has 0 bridgehead atoms. The van der Waals surface area contributed by atoms with Crippen LogP contribution in [0, 0.1) is 5.82 Å². The third kappa shape index (κ3) is 4.19. The monoisotopic (exact) mass is 464 g/mol. The van der Waals surface area contributed by atoms with Crippen LogP contribution in [0.3, 0.4) is 0 Å². The van der Waals surface area contributed by atoms with E-state index >= 15 is 0 Å². The normalized spacial score (nSPS) is 18.7. The van der Waals surface area contributed by atoms with E-state index in [0.717, 1.165) is 16.8 Å². The highest BCUT2D eigenvalue weighted by molar-refractivity contribution is 5.93. The third-order valence-electron chi connectivity index (χ3n) is 6.29. The minimum atomic E-state index is -1.11. The highest BCUT2D eigenvalue weighted by atomic mass is 19.1. The van der Waals surface area contributed by atoms with Crippen molar-refractivity contribution < 1.29 is 23.8 Å². The van der Waals surface area contributed by atoms with Crippen molar-refractivity contribution >= 4 is 17.2 Å². The molecule has 0 saturated carbocycles. The van der Waals surface area contributed by atoms with Crippen LogP contribution in [0.25, 0.3) is 0 Å². The lowest BCUT2D eigenvalue weighted by molar-refractivity contribution is -0.121. The lowest BCUT2D eigenvalue weighted by atomic mass is 9.80. The van der Waals surface area contributed by atoms with Crippen LogP contribution in [-0.2, 0) is 16.9 Å². The van der Waals surface area contributed by atoms with Gasteiger partial charge in [-0.05, 0) is 35.2 Å². The second kappa shape index (κ2) is 9.73. The Hall–Kier alpha value is -3.58. The summed E-state index contributed by atoms with van der Waals surface area (Å²) in [4.78, 5) is 13.5. The zero-order valence-corrected chi connectivity index (χ0v) is 19.5. The summed E-state index contributed by atoms with van der Waals surface area (Å²) < 4.78 is 24.8. The molecule has 1 aliphatic heterocycles. The van der Waals surface area contributed by atoms with Gasteiger partial charge in [-0.25, -0.2) is 4.39 Å². The molecular weight excluding hydrogens is 435 g/mol. The SMILES string of the molecule is CCC(=O)C1c2cccc(CCO)c2NC1(Nc1cc(OC)cc(OC)c1)c1ccc(F)cc1. The Bertz CT molecular complexity index is 1160. The Balaban J connectivity index is 1.94. The number of halogens is 1. The molecule has 178 valence electrons. The summed E-state index contributed by atoms with van der Waals surface area (Å²) in [5, 5.41) is 16.7. The van der Waals surface area contributed by atoms with Crippen molar-refractivity contribution in [2.24, 2.45) is 0 Å². The molecule has 4 rings (SSSR count). The minimum Gasteiger partial charge on any atom is -0.497 e. The smallest absolute Gasteiger partial charge is 0.149 e. The van der Waals surface area contributed by atoms with E-state index in [1.54, 1.807) is 32.4 Å². The maximum atomic E-state index is 13.9. The maximum absolute atomic E-state index is 13.9. The van der Waals surface area contributed by atoms with Crippen LogP contribution in [0.1, 0.15) is 36.0 Å². The van der Waals surface area contributed by atoms with Crippen LogP contribution in [0.15, 0.2) is 60.7 Å². The van der Waals surface area contributed by atoms with Gasteiger partial charge >= 0.3 is 0 Å². The van der Waals surface area contributed by atoms with Crippen molar-refractivity contribution in [3.63, 3.8) is 0 Å². The Labute approximate surface area is 198 Å². The van der Waals surface area contributed by atoms with E-state index in [1.165, 1.54) is 12.1 Å². The van der Waals surface area contributed by atoms with Crippen molar-refractivity contribution in [3.05, 3.63) is 83.2 Å². The van der Waals surface area contributed by atoms with Crippen LogP contribution in [0.2, 0.25) is 0 Å². The standard InChI is InChI=1S/C27H29FN2O4/c1-4-24(32)25-23-7-5-6-17(12-13-31)26(23)30-27(25,18-8-10-19(28)11-9-18)29-20-14-21(33-2)16-22(15-20)34-3/h5-11,14-16,25,29-31H,4,12-13H2,1-3H3. The molecule has 3 aromatic rings. The first-order chi connectivity index (χ1) is 16.4. The molecule has 1 aliphatic rings. The molecule has 1 heterocycles. The summed E-state index contributed by atoms with van der Waals surface area (Å²) in [5.74, 6) is 0.238. The fraction of sp³-hybridized carbons (Fsp3) is 0.296. The summed E-state index contributed by atoms with van der Waals surface area (Å²) in [6.45, 7) is 1.82. The number of methoxy groups -OCH3 is 2. The van der Waals surface area contributed by atoms with Gasteiger partial charge in [0.1, 0.15) is 28.8 Å². The quantitative estimate of drug-likeness (QED) is 0.421. The van der Waals surface area contributed by atoms with E-state index in [-0.39, 0.29) is 18.2 Å². The molecule has 0 amide bonds. The highest BCUT2D eigenvalue weighted by Gasteiger charge is 2.51.